The molecule has 3 heteroatoms. The van der Waals surface area contributed by atoms with E-state index in [0.717, 1.165) is 31.1 Å². The van der Waals surface area contributed by atoms with E-state index in [4.69, 9.17) is 5.11 Å². The van der Waals surface area contributed by atoms with Crippen molar-refractivity contribution >= 4 is 5.97 Å². The van der Waals surface area contributed by atoms with Gasteiger partial charge in [-0.05, 0) is 18.3 Å². The Morgan fingerprint density at radius 1 is 1.07 bits per heavy atom. The molecule has 0 rings (SSSR count). The summed E-state index contributed by atoms with van der Waals surface area (Å²) in [7, 11) is 0. The fourth-order valence-electron chi connectivity index (χ4n) is 0.526. The highest BCUT2D eigenvalue weighted by molar-refractivity contribution is 5.66. The highest BCUT2D eigenvalue weighted by atomic mass is 16.4. The zero-order valence-electron chi connectivity index (χ0n) is 11.0. The van der Waals surface area contributed by atoms with Crippen LogP contribution in [0.3, 0.4) is 0 Å². The molecule has 0 unspecified atom stereocenters. The molecule has 0 radical (unpaired) electrons. The number of rotatable bonds is 5. The largest absolute Gasteiger partial charge is 0.481 e. The van der Waals surface area contributed by atoms with Gasteiger partial charge in [-0.25, -0.2) is 0 Å². The van der Waals surface area contributed by atoms with Crippen LogP contribution < -0.4 is 6.15 Å². The normalized spacial score (nSPS) is 9.27. The van der Waals surface area contributed by atoms with Crippen molar-refractivity contribution in [3.8, 4) is 0 Å². The molecule has 0 aliphatic heterocycles. The van der Waals surface area contributed by atoms with Crippen LogP contribution in [0.5, 0.6) is 0 Å². The number of hydrogen-bond acceptors (Lipinski definition) is 2. The number of unbranched alkanes of at least 4 members (excludes halogenated alkanes) is 2. The van der Waals surface area contributed by atoms with Crippen molar-refractivity contribution in [3.05, 3.63) is 0 Å². The lowest BCUT2D eigenvalue weighted by Crippen LogP contribution is -1.95. The summed E-state index contributed by atoms with van der Waals surface area (Å²) in [6, 6.07) is 0. The molecule has 0 saturated heterocycles. The van der Waals surface area contributed by atoms with Crippen molar-refractivity contribution in [2.45, 2.75) is 60.3 Å². The molecule has 0 aromatic carbocycles. The van der Waals surface area contributed by atoms with E-state index in [9.17, 15) is 4.79 Å². The zero-order valence-corrected chi connectivity index (χ0v) is 11.0. The van der Waals surface area contributed by atoms with Crippen LogP contribution >= 0.6 is 0 Å². The van der Waals surface area contributed by atoms with Gasteiger partial charge in [0.1, 0.15) is 0 Å². The highest BCUT2D eigenvalue weighted by Crippen LogP contribution is 2.05. The van der Waals surface area contributed by atoms with E-state index in [2.05, 4.69) is 34.6 Å². The van der Waals surface area contributed by atoms with Crippen molar-refractivity contribution in [3.63, 3.8) is 0 Å². The molecule has 3 nitrogen and oxygen atoms in total. The van der Waals surface area contributed by atoms with Crippen LogP contribution in [0.2, 0.25) is 0 Å². The number of hydrogen-bond donors (Lipinski definition) is 2. The molecule has 0 bridgehead atoms. The summed E-state index contributed by atoms with van der Waals surface area (Å²) >= 11 is 0. The molecule has 94 valence electrons. The average molecular weight is 219 g/mol. The first-order chi connectivity index (χ1) is 6.41. The van der Waals surface area contributed by atoms with Crippen LogP contribution in [0.25, 0.3) is 0 Å². The van der Waals surface area contributed by atoms with E-state index in [-0.39, 0.29) is 6.15 Å². The summed E-state index contributed by atoms with van der Waals surface area (Å²) in [4.78, 5) is 9.87. The molecule has 0 aliphatic rings. The van der Waals surface area contributed by atoms with Gasteiger partial charge in [-0.15, -0.1) is 0 Å². The molecule has 4 N–H and O–H groups in total. The third kappa shape index (κ3) is 24.7. The Labute approximate surface area is 94.9 Å². The number of carbonyl (C=O) groups is 1. The first kappa shape index (κ1) is 19.9. The Bertz CT molecular complexity index is 128. The highest BCUT2D eigenvalue weighted by Gasteiger charge is 1.95. The average Bonchev–Trinajstić information content (AvgIpc) is 2.05. The van der Waals surface area contributed by atoms with Crippen LogP contribution in [0.1, 0.15) is 60.3 Å². The summed E-state index contributed by atoms with van der Waals surface area (Å²) in [5, 5.41) is 8.14. The predicted octanol–water partition coefficient (Wildman–Crippen LogP) is 4.11. The maximum atomic E-state index is 9.87. The van der Waals surface area contributed by atoms with Crippen LogP contribution in [0.15, 0.2) is 0 Å². The van der Waals surface area contributed by atoms with Crippen LogP contribution in [-0.2, 0) is 4.79 Å². The van der Waals surface area contributed by atoms with Gasteiger partial charge in [0, 0.05) is 6.42 Å². The van der Waals surface area contributed by atoms with Crippen LogP contribution in [-0.4, -0.2) is 11.1 Å². The van der Waals surface area contributed by atoms with Crippen molar-refractivity contribution < 1.29 is 9.90 Å². The van der Waals surface area contributed by atoms with Gasteiger partial charge in [-0.1, -0.05) is 47.5 Å². The Morgan fingerprint density at radius 3 is 1.67 bits per heavy atom. The molecule has 0 amide bonds. The van der Waals surface area contributed by atoms with Gasteiger partial charge in [0.15, 0.2) is 0 Å². The second kappa shape index (κ2) is 13.4. The van der Waals surface area contributed by atoms with Crippen molar-refractivity contribution in [2.75, 3.05) is 0 Å². The molecule has 0 aromatic heterocycles. The molecular formula is C12H29NO2. The molecule has 0 spiro atoms. The second-order valence-electron chi connectivity index (χ2n) is 4.34. The lowest BCUT2D eigenvalue weighted by Gasteiger charge is -2.05. The Kier molecular flexibility index (Phi) is 17.8. The van der Waals surface area contributed by atoms with Gasteiger partial charge >= 0.3 is 5.97 Å². The van der Waals surface area contributed by atoms with E-state index < -0.39 is 5.97 Å². The molecule has 0 aromatic rings. The standard InChI is InChI=1S/C6H12O2.C6H14.H3N/c1-2-3-4-5-6(7)8;1-5(2)6(3)4;/h2-5H2,1H3,(H,7,8);5-6H,1-4H3;1H3. The third-order valence-corrected chi connectivity index (χ3v) is 2.33. The van der Waals surface area contributed by atoms with Gasteiger partial charge < -0.3 is 11.3 Å². The summed E-state index contributed by atoms with van der Waals surface area (Å²) < 4.78 is 0. The summed E-state index contributed by atoms with van der Waals surface area (Å²) in [6.45, 7) is 11.0. The lowest BCUT2D eigenvalue weighted by atomic mass is 10.0. The second-order valence-corrected chi connectivity index (χ2v) is 4.34. The van der Waals surface area contributed by atoms with Crippen molar-refractivity contribution in [1.29, 1.82) is 0 Å². The maximum Gasteiger partial charge on any atom is 0.303 e. The molecule has 15 heavy (non-hydrogen) atoms. The van der Waals surface area contributed by atoms with Crippen molar-refractivity contribution in [2.24, 2.45) is 11.8 Å². The SMILES string of the molecule is CC(C)C(C)C.CCCCCC(=O)O.N. The number of aliphatic carboxylic acids is 1. The fourth-order valence-corrected chi connectivity index (χ4v) is 0.526. The lowest BCUT2D eigenvalue weighted by molar-refractivity contribution is -0.137. The molecule has 0 atom stereocenters. The van der Waals surface area contributed by atoms with E-state index in [1.165, 1.54) is 0 Å². The van der Waals surface area contributed by atoms with Crippen LogP contribution in [0.4, 0.5) is 0 Å². The minimum atomic E-state index is -0.682. The first-order valence-corrected chi connectivity index (χ1v) is 5.63. The van der Waals surface area contributed by atoms with Gasteiger partial charge in [-0.2, -0.15) is 0 Å². The maximum absolute atomic E-state index is 9.87. The smallest absolute Gasteiger partial charge is 0.303 e. The van der Waals surface area contributed by atoms with E-state index in [0.29, 0.717) is 6.42 Å². The minimum absolute atomic E-state index is 0. The quantitative estimate of drug-likeness (QED) is 0.683. The van der Waals surface area contributed by atoms with E-state index in [1.54, 1.807) is 0 Å². The summed E-state index contributed by atoms with van der Waals surface area (Å²) in [5.41, 5.74) is 0. The summed E-state index contributed by atoms with van der Waals surface area (Å²) in [6.07, 6.45) is 3.28. The first-order valence-electron chi connectivity index (χ1n) is 5.63. The summed E-state index contributed by atoms with van der Waals surface area (Å²) in [5.74, 6) is 1.02. The fraction of sp³-hybridized carbons (Fsp3) is 0.917. The van der Waals surface area contributed by atoms with E-state index >= 15 is 0 Å². The van der Waals surface area contributed by atoms with Gasteiger partial charge in [0.05, 0.1) is 0 Å². The zero-order chi connectivity index (χ0) is 11.6. The minimum Gasteiger partial charge on any atom is -0.481 e. The van der Waals surface area contributed by atoms with Gasteiger partial charge in [0.2, 0.25) is 0 Å². The van der Waals surface area contributed by atoms with Gasteiger partial charge in [0.25, 0.3) is 0 Å². The molecule has 0 fully saturated rings. The Hall–Kier alpha value is -0.570. The van der Waals surface area contributed by atoms with Gasteiger partial charge in [-0.3, -0.25) is 4.79 Å². The Morgan fingerprint density at radius 2 is 1.47 bits per heavy atom. The third-order valence-electron chi connectivity index (χ3n) is 2.33. The van der Waals surface area contributed by atoms with Crippen LogP contribution in [0, 0.1) is 11.8 Å². The monoisotopic (exact) mass is 219 g/mol. The predicted molar refractivity (Wildman–Crippen MR) is 66.5 cm³/mol. The van der Waals surface area contributed by atoms with Crippen molar-refractivity contribution in [1.82, 2.24) is 6.15 Å². The molecule has 0 saturated carbocycles. The van der Waals surface area contributed by atoms with E-state index in [1.807, 2.05) is 0 Å². The molecule has 0 heterocycles. The Balaban J connectivity index is -0.000000187. The molecular weight excluding hydrogens is 190 g/mol. The number of carboxylic acid groups (broad SMARTS) is 1. The number of carboxylic acids is 1. The molecule has 0 aliphatic carbocycles. The topological polar surface area (TPSA) is 72.3 Å².